The van der Waals surface area contributed by atoms with Crippen molar-refractivity contribution in [1.29, 1.82) is 0 Å². The summed E-state index contributed by atoms with van der Waals surface area (Å²) >= 11 is 0. The molecule has 3 rings (SSSR count). The van der Waals surface area contributed by atoms with Crippen LogP contribution >= 0.6 is 0 Å². The second-order valence-electron chi connectivity index (χ2n) is 4.54. The SMILES string of the molecule is CCc1cccc2oc(-c3ccc(CN)cc3)nc12. The second-order valence-corrected chi connectivity index (χ2v) is 4.54. The van der Waals surface area contributed by atoms with Gasteiger partial charge in [-0.05, 0) is 35.7 Å². The van der Waals surface area contributed by atoms with Crippen LogP contribution in [0.2, 0.25) is 0 Å². The Morgan fingerprint density at radius 2 is 1.89 bits per heavy atom. The number of aryl methyl sites for hydroxylation is 1. The first kappa shape index (κ1) is 11.9. The highest BCUT2D eigenvalue weighted by Gasteiger charge is 2.10. The highest BCUT2D eigenvalue weighted by molar-refractivity contribution is 5.79. The summed E-state index contributed by atoms with van der Waals surface area (Å²) in [6.07, 6.45) is 0.954. The molecule has 0 amide bonds. The van der Waals surface area contributed by atoms with E-state index in [2.05, 4.69) is 18.0 Å². The maximum Gasteiger partial charge on any atom is 0.227 e. The van der Waals surface area contributed by atoms with E-state index >= 15 is 0 Å². The van der Waals surface area contributed by atoms with Crippen LogP contribution in [0.1, 0.15) is 18.1 Å². The molecule has 0 radical (unpaired) electrons. The quantitative estimate of drug-likeness (QED) is 0.776. The number of rotatable bonds is 3. The van der Waals surface area contributed by atoms with Crippen LogP contribution in [0.5, 0.6) is 0 Å². The van der Waals surface area contributed by atoms with Crippen molar-refractivity contribution in [2.45, 2.75) is 19.9 Å². The summed E-state index contributed by atoms with van der Waals surface area (Å²) in [5.74, 6) is 0.666. The fourth-order valence-corrected chi connectivity index (χ4v) is 2.20. The van der Waals surface area contributed by atoms with E-state index < -0.39 is 0 Å². The van der Waals surface area contributed by atoms with Crippen molar-refractivity contribution in [3.05, 3.63) is 53.6 Å². The van der Waals surface area contributed by atoms with Gasteiger partial charge in [-0.1, -0.05) is 31.2 Å². The van der Waals surface area contributed by atoms with Crippen LogP contribution in [0.25, 0.3) is 22.6 Å². The molecule has 96 valence electrons. The van der Waals surface area contributed by atoms with Gasteiger partial charge < -0.3 is 10.2 Å². The summed E-state index contributed by atoms with van der Waals surface area (Å²) in [4.78, 5) is 4.61. The van der Waals surface area contributed by atoms with Crippen molar-refractivity contribution in [3.8, 4) is 11.5 Å². The predicted octanol–water partition coefficient (Wildman–Crippen LogP) is 3.52. The van der Waals surface area contributed by atoms with Gasteiger partial charge in [0.05, 0.1) is 0 Å². The predicted molar refractivity (Wildman–Crippen MR) is 76.7 cm³/mol. The highest BCUT2D eigenvalue weighted by atomic mass is 16.3. The topological polar surface area (TPSA) is 52.0 Å². The van der Waals surface area contributed by atoms with Gasteiger partial charge in [-0.25, -0.2) is 4.98 Å². The molecule has 3 nitrogen and oxygen atoms in total. The van der Waals surface area contributed by atoms with Gasteiger partial charge in [0.1, 0.15) is 5.52 Å². The van der Waals surface area contributed by atoms with Crippen molar-refractivity contribution >= 4 is 11.1 Å². The standard InChI is InChI=1S/C16H16N2O/c1-2-12-4-3-5-14-15(12)18-16(19-14)13-8-6-11(10-17)7-9-13/h3-9H,2,10,17H2,1H3. The van der Waals surface area contributed by atoms with Crippen molar-refractivity contribution < 1.29 is 4.42 Å². The Hall–Kier alpha value is -2.13. The summed E-state index contributed by atoms with van der Waals surface area (Å²) in [5.41, 5.74) is 10.7. The molecule has 0 saturated heterocycles. The molecule has 0 aliphatic heterocycles. The van der Waals surface area contributed by atoms with Gasteiger partial charge in [0.25, 0.3) is 0 Å². The molecule has 2 N–H and O–H groups in total. The molecule has 2 aromatic carbocycles. The van der Waals surface area contributed by atoms with Crippen LogP contribution in [0.4, 0.5) is 0 Å². The van der Waals surface area contributed by atoms with Crippen LogP contribution in [0, 0.1) is 0 Å². The fraction of sp³-hybridized carbons (Fsp3) is 0.188. The van der Waals surface area contributed by atoms with E-state index in [1.807, 2.05) is 36.4 Å². The van der Waals surface area contributed by atoms with Crippen LogP contribution < -0.4 is 5.73 Å². The van der Waals surface area contributed by atoms with Gasteiger partial charge >= 0.3 is 0 Å². The molecule has 1 heterocycles. The molecule has 0 unspecified atom stereocenters. The molecular formula is C16H16N2O. The lowest BCUT2D eigenvalue weighted by molar-refractivity contribution is 0.620. The van der Waals surface area contributed by atoms with Crippen molar-refractivity contribution in [2.75, 3.05) is 0 Å². The molecule has 0 fully saturated rings. The van der Waals surface area contributed by atoms with E-state index in [9.17, 15) is 0 Å². The Balaban J connectivity index is 2.09. The minimum Gasteiger partial charge on any atom is -0.436 e. The Kier molecular flexibility index (Phi) is 3.05. The molecule has 0 atom stereocenters. The third kappa shape index (κ3) is 2.13. The van der Waals surface area contributed by atoms with Crippen molar-refractivity contribution in [2.24, 2.45) is 5.73 Å². The first-order chi connectivity index (χ1) is 9.31. The average Bonchev–Trinajstić information content (AvgIpc) is 2.91. The monoisotopic (exact) mass is 252 g/mol. The molecule has 0 aliphatic carbocycles. The lowest BCUT2D eigenvalue weighted by atomic mass is 10.1. The average molecular weight is 252 g/mol. The molecule has 1 aromatic heterocycles. The third-order valence-electron chi connectivity index (χ3n) is 3.32. The highest BCUT2D eigenvalue weighted by Crippen LogP contribution is 2.26. The van der Waals surface area contributed by atoms with Crippen LogP contribution in [0.3, 0.4) is 0 Å². The third-order valence-corrected chi connectivity index (χ3v) is 3.32. The lowest BCUT2D eigenvalue weighted by Crippen LogP contribution is -1.95. The minimum absolute atomic E-state index is 0.549. The zero-order valence-electron chi connectivity index (χ0n) is 10.9. The van der Waals surface area contributed by atoms with Gasteiger partial charge in [-0.2, -0.15) is 0 Å². The second kappa shape index (κ2) is 4.86. The number of oxazole rings is 1. The fourth-order valence-electron chi connectivity index (χ4n) is 2.20. The van der Waals surface area contributed by atoms with Crippen molar-refractivity contribution in [3.63, 3.8) is 0 Å². The van der Waals surface area contributed by atoms with E-state index in [-0.39, 0.29) is 0 Å². The summed E-state index contributed by atoms with van der Waals surface area (Å²) in [5, 5.41) is 0. The molecule has 0 bridgehead atoms. The minimum atomic E-state index is 0.549. The van der Waals surface area contributed by atoms with E-state index in [0.29, 0.717) is 12.4 Å². The summed E-state index contributed by atoms with van der Waals surface area (Å²) in [6, 6.07) is 14.1. The Morgan fingerprint density at radius 3 is 2.58 bits per heavy atom. The molecule has 0 saturated carbocycles. The van der Waals surface area contributed by atoms with Crippen LogP contribution in [0.15, 0.2) is 46.9 Å². The number of nitrogens with two attached hydrogens (primary N) is 1. The van der Waals surface area contributed by atoms with Gasteiger partial charge in [0.2, 0.25) is 5.89 Å². The summed E-state index contributed by atoms with van der Waals surface area (Å²) in [6.45, 7) is 2.67. The smallest absolute Gasteiger partial charge is 0.227 e. The first-order valence-corrected chi connectivity index (χ1v) is 6.49. The number of hydrogen-bond acceptors (Lipinski definition) is 3. The Morgan fingerprint density at radius 1 is 1.11 bits per heavy atom. The van der Waals surface area contributed by atoms with Gasteiger partial charge in [0, 0.05) is 12.1 Å². The number of nitrogens with zero attached hydrogens (tertiary/aromatic N) is 1. The zero-order chi connectivity index (χ0) is 13.2. The normalized spacial score (nSPS) is 11.1. The van der Waals surface area contributed by atoms with E-state index in [0.717, 1.165) is 28.6 Å². The number of benzene rings is 2. The van der Waals surface area contributed by atoms with E-state index in [4.69, 9.17) is 10.2 Å². The van der Waals surface area contributed by atoms with Gasteiger partial charge in [0.15, 0.2) is 5.58 Å². The molecule has 3 aromatic rings. The maximum atomic E-state index is 5.83. The number of hydrogen-bond donors (Lipinski definition) is 1. The van der Waals surface area contributed by atoms with Crippen LogP contribution in [-0.2, 0) is 13.0 Å². The Labute approximate surface area is 112 Å². The van der Waals surface area contributed by atoms with Gasteiger partial charge in [-0.15, -0.1) is 0 Å². The molecule has 0 aliphatic rings. The summed E-state index contributed by atoms with van der Waals surface area (Å²) in [7, 11) is 0. The number of para-hydroxylation sites is 1. The van der Waals surface area contributed by atoms with E-state index in [1.54, 1.807) is 0 Å². The number of aromatic nitrogens is 1. The van der Waals surface area contributed by atoms with E-state index in [1.165, 1.54) is 5.56 Å². The van der Waals surface area contributed by atoms with Gasteiger partial charge in [-0.3, -0.25) is 0 Å². The molecule has 3 heteroatoms. The number of fused-ring (bicyclic) bond motifs is 1. The molecular weight excluding hydrogens is 236 g/mol. The molecule has 0 spiro atoms. The maximum absolute atomic E-state index is 5.83. The van der Waals surface area contributed by atoms with Crippen LogP contribution in [-0.4, -0.2) is 4.98 Å². The Bertz CT molecular complexity index is 698. The largest absolute Gasteiger partial charge is 0.436 e. The molecule has 19 heavy (non-hydrogen) atoms. The first-order valence-electron chi connectivity index (χ1n) is 6.49. The summed E-state index contributed by atoms with van der Waals surface area (Å²) < 4.78 is 5.83. The van der Waals surface area contributed by atoms with Crippen molar-refractivity contribution in [1.82, 2.24) is 4.98 Å². The lowest BCUT2D eigenvalue weighted by Gasteiger charge is -1.97. The zero-order valence-corrected chi connectivity index (χ0v) is 10.9.